The summed E-state index contributed by atoms with van der Waals surface area (Å²) in [6.45, 7) is 3.29. The molecule has 2 N–H and O–H groups in total. The van der Waals surface area contributed by atoms with Gasteiger partial charge in [0.25, 0.3) is 0 Å². The molecule has 94 valence electrons. The first kappa shape index (κ1) is 12.9. The number of benzene rings is 1. The standard InChI is InChI=1S/C12H11ClN2O2S/c1-6(16)11-12(15-7(2)18-11)17-10-4-3-8(14)5-9(10)13/h3-5H,14H2,1-2H3. The fourth-order valence-corrected chi connectivity index (χ4v) is 2.37. The van der Waals surface area contributed by atoms with E-state index < -0.39 is 0 Å². The van der Waals surface area contributed by atoms with Crippen LogP contribution < -0.4 is 10.5 Å². The van der Waals surface area contributed by atoms with Crippen molar-refractivity contribution in [2.24, 2.45) is 0 Å². The van der Waals surface area contributed by atoms with Crippen LogP contribution in [-0.4, -0.2) is 10.8 Å². The van der Waals surface area contributed by atoms with Crippen LogP contribution in [0.2, 0.25) is 5.02 Å². The lowest BCUT2D eigenvalue weighted by molar-refractivity contribution is 0.101. The number of carbonyl (C=O) groups excluding carboxylic acids is 1. The molecule has 0 saturated carbocycles. The number of rotatable bonds is 3. The van der Waals surface area contributed by atoms with Gasteiger partial charge in [0.15, 0.2) is 5.78 Å². The Kier molecular flexibility index (Phi) is 3.54. The van der Waals surface area contributed by atoms with Gasteiger partial charge in [0.05, 0.1) is 10.0 Å². The van der Waals surface area contributed by atoms with E-state index in [1.54, 1.807) is 18.2 Å². The first-order chi connectivity index (χ1) is 8.47. The Morgan fingerprint density at radius 2 is 2.22 bits per heavy atom. The van der Waals surface area contributed by atoms with Crippen LogP contribution in [0.4, 0.5) is 5.69 Å². The van der Waals surface area contributed by atoms with Crippen LogP contribution in [0.1, 0.15) is 21.6 Å². The number of thiazole rings is 1. The summed E-state index contributed by atoms with van der Waals surface area (Å²) in [7, 11) is 0. The number of halogens is 1. The van der Waals surface area contributed by atoms with E-state index in [1.165, 1.54) is 18.3 Å². The number of nitrogens with two attached hydrogens (primary N) is 1. The summed E-state index contributed by atoms with van der Waals surface area (Å²) in [4.78, 5) is 16.1. The minimum absolute atomic E-state index is 0.0813. The zero-order chi connectivity index (χ0) is 13.3. The van der Waals surface area contributed by atoms with E-state index in [2.05, 4.69) is 4.98 Å². The van der Waals surface area contributed by atoms with E-state index in [0.29, 0.717) is 21.3 Å². The summed E-state index contributed by atoms with van der Waals surface area (Å²) in [5, 5.41) is 1.15. The predicted octanol–water partition coefficient (Wildman–Crippen LogP) is 3.68. The van der Waals surface area contributed by atoms with Crippen molar-refractivity contribution in [3.05, 3.63) is 33.1 Å². The summed E-state index contributed by atoms with van der Waals surface area (Å²) >= 11 is 7.30. The number of aromatic nitrogens is 1. The van der Waals surface area contributed by atoms with Gasteiger partial charge in [-0.3, -0.25) is 4.79 Å². The van der Waals surface area contributed by atoms with Crippen LogP contribution in [0, 0.1) is 6.92 Å². The van der Waals surface area contributed by atoms with Crippen LogP contribution >= 0.6 is 22.9 Å². The minimum atomic E-state index is -0.0813. The maximum Gasteiger partial charge on any atom is 0.241 e. The second-order valence-electron chi connectivity index (χ2n) is 3.72. The van der Waals surface area contributed by atoms with Gasteiger partial charge in [0.2, 0.25) is 5.88 Å². The predicted molar refractivity (Wildman–Crippen MR) is 72.8 cm³/mol. The van der Waals surface area contributed by atoms with E-state index in [9.17, 15) is 4.79 Å². The number of carbonyl (C=O) groups is 1. The molecule has 0 atom stereocenters. The molecule has 0 aliphatic carbocycles. The second-order valence-corrected chi connectivity index (χ2v) is 5.33. The summed E-state index contributed by atoms with van der Waals surface area (Å²) in [5.41, 5.74) is 6.15. The number of ether oxygens (including phenoxy) is 1. The molecule has 18 heavy (non-hydrogen) atoms. The smallest absolute Gasteiger partial charge is 0.241 e. The Morgan fingerprint density at radius 1 is 1.50 bits per heavy atom. The maximum atomic E-state index is 11.4. The minimum Gasteiger partial charge on any atom is -0.436 e. The lowest BCUT2D eigenvalue weighted by Crippen LogP contribution is -1.94. The molecule has 2 rings (SSSR count). The van der Waals surface area contributed by atoms with E-state index in [-0.39, 0.29) is 11.7 Å². The van der Waals surface area contributed by atoms with Crippen molar-refractivity contribution in [1.29, 1.82) is 0 Å². The van der Waals surface area contributed by atoms with Gasteiger partial charge < -0.3 is 10.5 Å². The van der Waals surface area contributed by atoms with Crippen molar-refractivity contribution < 1.29 is 9.53 Å². The first-order valence-corrected chi connectivity index (χ1v) is 6.38. The first-order valence-electron chi connectivity index (χ1n) is 5.18. The summed E-state index contributed by atoms with van der Waals surface area (Å²) in [6, 6.07) is 4.91. The fraction of sp³-hybridized carbons (Fsp3) is 0.167. The van der Waals surface area contributed by atoms with Crippen molar-refractivity contribution in [2.75, 3.05) is 5.73 Å². The van der Waals surface area contributed by atoms with Crippen molar-refractivity contribution >= 4 is 34.4 Å². The Balaban J connectivity index is 2.36. The highest BCUT2D eigenvalue weighted by Gasteiger charge is 2.16. The lowest BCUT2D eigenvalue weighted by atomic mass is 10.3. The van der Waals surface area contributed by atoms with Crippen LogP contribution in [0.15, 0.2) is 18.2 Å². The molecule has 0 amide bonds. The van der Waals surface area contributed by atoms with Crippen molar-refractivity contribution in [1.82, 2.24) is 4.98 Å². The zero-order valence-electron chi connectivity index (χ0n) is 9.86. The third-order valence-corrected chi connectivity index (χ3v) is 3.53. The molecular formula is C12H11ClN2O2S. The Bertz CT molecular complexity index is 610. The van der Waals surface area contributed by atoms with E-state index in [0.717, 1.165) is 5.01 Å². The third kappa shape index (κ3) is 2.63. The van der Waals surface area contributed by atoms with Gasteiger partial charge in [-0.2, -0.15) is 0 Å². The molecule has 1 aromatic carbocycles. The van der Waals surface area contributed by atoms with Crippen LogP contribution in [-0.2, 0) is 0 Å². The molecule has 0 bridgehead atoms. The molecule has 6 heteroatoms. The van der Waals surface area contributed by atoms with Gasteiger partial charge >= 0.3 is 0 Å². The van der Waals surface area contributed by atoms with Crippen molar-refractivity contribution in [2.45, 2.75) is 13.8 Å². The molecular weight excluding hydrogens is 272 g/mol. The Labute approximate surface area is 113 Å². The monoisotopic (exact) mass is 282 g/mol. The molecule has 0 saturated heterocycles. The SMILES string of the molecule is CC(=O)c1sc(C)nc1Oc1ccc(N)cc1Cl. The summed E-state index contributed by atoms with van der Waals surface area (Å²) in [6.07, 6.45) is 0. The number of anilines is 1. The molecule has 0 unspecified atom stereocenters. The topological polar surface area (TPSA) is 65.2 Å². The normalized spacial score (nSPS) is 10.4. The maximum absolute atomic E-state index is 11.4. The molecule has 1 aromatic heterocycles. The molecule has 4 nitrogen and oxygen atoms in total. The van der Waals surface area contributed by atoms with Crippen molar-refractivity contribution in [3.63, 3.8) is 0 Å². The number of hydrogen-bond acceptors (Lipinski definition) is 5. The summed E-state index contributed by atoms with van der Waals surface area (Å²) < 4.78 is 5.57. The lowest BCUT2D eigenvalue weighted by Gasteiger charge is -2.06. The van der Waals surface area contributed by atoms with E-state index >= 15 is 0 Å². The van der Waals surface area contributed by atoms with Crippen LogP contribution in [0.5, 0.6) is 11.6 Å². The second kappa shape index (κ2) is 4.96. The molecule has 1 heterocycles. The Hall–Kier alpha value is -1.59. The number of nitrogens with zero attached hydrogens (tertiary/aromatic N) is 1. The highest BCUT2D eigenvalue weighted by molar-refractivity contribution is 7.13. The molecule has 0 aliphatic rings. The number of Topliss-reactive ketones (excluding diaryl/α,β-unsaturated/α-hetero) is 1. The van der Waals surface area contributed by atoms with Crippen LogP contribution in [0.3, 0.4) is 0 Å². The molecule has 2 aromatic rings. The number of ketones is 1. The largest absolute Gasteiger partial charge is 0.436 e. The molecule has 0 radical (unpaired) electrons. The quantitative estimate of drug-likeness (QED) is 0.689. The fourth-order valence-electron chi connectivity index (χ4n) is 1.40. The summed E-state index contributed by atoms with van der Waals surface area (Å²) in [5.74, 6) is 0.637. The molecule has 0 spiro atoms. The van der Waals surface area contributed by atoms with Gasteiger partial charge in [-0.1, -0.05) is 11.6 Å². The number of aryl methyl sites for hydroxylation is 1. The van der Waals surface area contributed by atoms with Crippen LogP contribution in [0.25, 0.3) is 0 Å². The van der Waals surface area contributed by atoms with Crippen molar-refractivity contribution in [3.8, 4) is 11.6 Å². The van der Waals surface area contributed by atoms with Gasteiger partial charge in [0.1, 0.15) is 10.6 Å². The van der Waals surface area contributed by atoms with E-state index in [1.807, 2.05) is 6.92 Å². The van der Waals surface area contributed by atoms with Gasteiger partial charge in [-0.05, 0) is 25.1 Å². The van der Waals surface area contributed by atoms with Gasteiger partial charge in [0, 0.05) is 12.6 Å². The van der Waals surface area contributed by atoms with Gasteiger partial charge in [-0.25, -0.2) is 4.98 Å². The van der Waals surface area contributed by atoms with E-state index in [4.69, 9.17) is 22.1 Å². The highest BCUT2D eigenvalue weighted by atomic mass is 35.5. The number of hydrogen-bond donors (Lipinski definition) is 1. The van der Waals surface area contributed by atoms with Gasteiger partial charge in [-0.15, -0.1) is 11.3 Å². The zero-order valence-corrected chi connectivity index (χ0v) is 11.4. The average molecular weight is 283 g/mol. The highest BCUT2D eigenvalue weighted by Crippen LogP contribution is 2.34. The molecule has 0 fully saturated rings. The third-order valence-electron chi connectivity index (χ3n) is 2.19. The Morgan fingerprint density at radius 3 is 2.83 bits per heavy atom. The molecule has 0 aliphatic heterocycles. The number of nitrogen functional groups attached to an aromatic ring is 1. The average Bonchev–Trinajstić information content (AvgIpc) is 2.64.